The van der Waals surface area contributed by atoms with Gasteiger partial charge in [0, 0.05) is 12.3 Å². The van der Waals surface area contributed by atoms with Crippen molar-refractivity contribution in [2.45, 2.75) is 58.5 Å². The fourth-order valence-electron chi connectivity index (χ4n) is 2.94. The van der Waals surface area contributed by atoms with Crippen LogP contribution in [0, 0.1) is 10.6 Å². The molecule has 0 radical (unpaired) electrons. The molecule has 0 saturated heterocycles. The number of hydrogen-bond acceptors (Lipinski definition) is 3. The van der Waals surface area contributed by atoms with Crippen LogP contribution in [0.1, 0.15) is 58.0 Å². The third-order valence-corrected chi connectivity index (χ3v) is 5.22. The maximum Gasteiger partial charge on any atom is 0.144 e. The molecule has 0 unspecified atom stereocenters. The predicted octanol–water partition coefficient (Wildman–Crippen LogP) is 4.91. The lowest BCUT2D eigenvalue weighted by Crippen LogP contribution is -2.29. The zero-order chi connectivity index (χ0) is 14.8. The molecule has 0 spiro atoms. The molecule has 0 aromatic carbocycles. The Labute approximate surface area is 134 Å². The summed E-state index contributed by atoms with van der Waals surface area (Å²) < 4.78 is 7.64. The fraction of sp³-hybridized carbons (Fsp3) is 0.733. The molecule has 1 aromatic heterocycles. The summed E-state index contributed by atoms with van der Waals surface area (Å²) in [6.45, 7) is 7.16. The second-order valence-corrected chi connectivity index (χ2v) is 7.10. The molecule has 0 aliphatic heterocycles. The Kier molecular flexibility index (Phi) is 5.37. The van der Waals surface area contributed by atoms with Gasteiger partial charge in [-0.15, -0.1) is 0 Å². The quantitative estimate of drug-likeness (QED) is 0.760. The minimum absolute atomic E-state index is 0.255. The lowest BCUT2D eigenvalue weighted by molar-refractivity contribution is -0.0459. The second kappa shape index (κ2) is 6.67. The molecule has 2 rings (SSSR count). The van der Waals surface area contributed by atoms with Gasteiger partial charge in [-0.3, -0.25) is 0 Å². The molecule has 0 atom stereocenters. The van der Waals surface area contributed by atoms with Crippen LogP contribution >= 0.6 is 28.1 Å². The number of rotatable bonds is 5. The van der Waals surface area contributed by atoms with Crippen LogP contribution in [0.25, 0.3) is 0 Å². The molecular formula is C15H23BrN2OS. The average molecular weight is 359 g/mol. The molecule has 1 fully saturated rings. The van der Waals surface area contributed by atoms with Gasteiger partial charge >= 0.3 is 0 Å². The van der Waals surface area contributed by atoms with Crippen LogP contribution in [-0.4, -0.2) is 16.6 Å². The summed E-state index contributed by atoms with van der Waals surface area (Å²) in [6.07, 6.45) is 5.40. The first kappa shape index (κ1) is 16.1. The third kappa shape index (κ3) is 3.31. The van der Waals surface area contributed by atoms with Gasteiger partial charge in [0.15, 0.2) is 0 Å². The summed E-state index contributed by atoms with van der Waals surface area (Å²) in [5.41, 5.74) is 0.885. The van der Waals surface area contributed by atoms with Crippen LogP contribution in [0.3, 0.4) is 0 Å². The molecule has 1 saturated carbocycles. The molecular weight excluding hydrogens is 336 g/mol. The van der Waals surface area contributed by atoms with E-state index in [1.54, 1.807) is 0 Å². The van der Waals surface area contributed by atoms with Gasteiger partial charge in [0.1, 0.15) is 16.1 Å². The monoisotopic (exact) mass is 358 g/mol. The largest absolute Gasteiger partial charge is 0.367 e. The SMILES string of the molecule is CCOC1(c2nc(=S)c(Br)c(CC(C)C)[nH]2)CCCC1. The molecule has 3 nitrogen and oxygen atoms in total. The molecule has 5 heteroatoms. The highest BCUT2D eigenvalue weighted by atomic mass is 79.9. The Bertz CT molecular complexity index is 521. The van der Waals surface area contributed by atoms with E-state index in [1.165, 1.54) is 12.8 Å². The van der Waals surface area contributed by atoms with Crippen molar-refractivity contribution in [3.8, 4) is 0 Å². The summed E-state index contributed by atoms with van der Waals surface area (Å²) in [5, 5.41) is 0. The summed E-state index contributed by atoms with van der Waals surface area (Å²) >= 11 is 8.99. The van der Waals surface area contributed by atoms with E-state index in [0.717, 1.165) is 35.3 Å². The maximum absolute atomic E-state index is 6.08. The molecule has 1 heterocycles. The van der Waals surface area contributed by atoms with Crippen LogP contribution in [-0.2, 0) is 16.8 Å². The Balaban J connectivity index is 2.45. The van der Waals surface area contributed by atoms with Crippen LogP contribution in [0.2, 0.25) is 0 Å². The van der Waals surface area contributed by atoms with Gasteiger partial charge in [0.25, 0.3) is 0 Å². The first-order valence-corrected chi connectivity index (χ1v) is 8.62. The van der Waals surface area contributed by atoms with E-state index in [4.69, 9.17) is 17.0 Å². The number of halogens is 1. The zero-order valence-corrected chi connectivity index (χ0v) is 14.9. The Hall–Kier alpha value is -0.260. The second-order valence-electron chi connectivity index (χ2n) is 5.92. The number of aromatic nitrogens is 2. The van der Waals surface area contributed by atoms with Gasteiger partial charge in [-0.25, -0.2) is 4.98 Å². The van der Waals surface area contributed by atoms with E-state index in [0.29, 0.717) is 17.2 Å². The van der Waals surface area contributed by atoms with E-state index < -0.39 is 0 Å². The molecule has 0 amide bonds. The van der Waals surface area contributed by atoms with Gasteiger partial charge in [-0.2, -0.15) is 0 Å². The lowest BCUT2D eigenvalue weighted by Gasteiger charge is -2.28. The number of nitrogens with zero attached hydrogens (tertiary/aromatic N) is 1. The number of aromatic amines is 1. The van der Waals surface area contributed by atoms with Gasteiger partial charge in [-0.05, 0) is 60.9 Å². The van der Waals surface area contributed by atoms with Crippen molar-refractivity contribution in [1.29, 1.82) is 0 Å². The van der Waals surface area contributed by atoms with Crippen molar-refractivity contribution in [3.05, 3.63) is 20.6 Å². The van der Waals surface area contributed by atoms with Crippen LogP contribution in [0.4, 0.5) is 0 Å². The van der Waals surface area contributed by atoms with E-state index in [-0.39, 0.29) is 5.60 Å². The molecule has 0 bridgehead atoms. The van der Waals surface area contributed by atoms with Crippen molar-refractivity contribution >= 4 is 28.1 Å². The highest BCUT2D eigenvalue weighted by molar-refractivity contribution is 9.10. The molecule has 112 valence electrons. The van der Waals surface area contributed by atoms with E-state index in [1.807, 2.05) is 6.92 Å². The summed E-state index contributed by atoms with van der Waals surface area (Å²) in [7, 11) is 0. The smallest absolute Gasteiger partial charge is 0.144 e. The van der Waals surface area contributed by atoms with Crippen LogP contribution in [0.15, 0.2) is 4.47 Å². The van der Waals surface area contributed by atoms with E-state index >= 15 is 0 Å². The zero-order valence-electron chi connectivity index (χ0n) is 12.5. The molecule has 1 N–H and O–H groups in total. The Morgan fingerprint density at radius 3 is 2.60 bits per heavy atom. The third-order valence-electron chi connectivity index (χ3n) is 3.81. The summed E-state index contributed by atoms with van der Waals surface area (Å²) in [4.78, 5) is 8.10. The summed E-state index contributed by atoms with van der Waals surface area (Å²) in [6, 6.07) is 0. The number of nitrogens with one attached hydrogen (secondary N) is 1. The molecule has 1 aromatic rings. The number of ether oxygens (including phenoxy) is 1. The van der Waals surface area contributed by atoms with Crippen molar-refractivity contribution in [2.24, 2.45) is 5.92 Å². The van der Waals surface area contributed by atoms with Gasteiger partial charge < -0.3 is 9.72 Å². The number of H-pyrrole nitrogens is 1. The van der Waals surface area contributed by atoms with Gasteiger partial charge in [0.05, 0.1) is 4.47 Å². The molecule has 20 heavy (non-hydrogen) atoms. The Morgan fingerprint density at radius 2 is 2.05 bits per heavy atom. The van der Waals surface area contributed by atoms with Crippen molar-refractivity contribution in [1.82, 2.24) is 9.97 Å². The fourth-order valence-corrected chi connectivity index (χ4v) is 3.51. The van der Waals surface area contributed by atoms with Crippen molar-refractivity contribution in [3.63, 3.8) is 0 Å². The average Bonchev–Trinajstić information content (AvgIpc) is 2.84. The Morgan fingerprint density at radius 1 is 1.40 bits per heavy atom. The summed E-state index contributed by atoms with van der Waals surface area (Å²) in [5.74, 6) is 1.49. The number of hydrogen-bond donors (Lipinski definition) is 1. The van der Waals surface area contributed by atoms with Crippen molar-refractivity contribution < 1.29 is 4.74 Å². The van der Waals surface area contributed by atoms with Gasteiger partial charge in [-0.1, -0.05) is 26.1 Å². The van der Waals surface area contributed by atoms with Gasteiger partial charge in [0.2, 0.25) is 0 Å². The van der Waals surface area contributed by atoms with Crippen LogP contribution < -0.4 is 0 Å². The minimum atomic E-state index is -0.255. The highest BCUT2D eigenvalue weighted by Crippen LogP contribution is 2.41. The first-order valence-electron chi connectivity index (χ1n) is 7.41. The first-order chi connectivity index (χ1) is 9.48. The van der Waals surface area contributed by atoms with E-state index in [9.17, 15) is 0 Å². The normalized spacial score (nSPS) is 17.9. The standard InChI is InChI=1S/C15H23BrN2OS/c1-4-19-15(7-5-6-8-15)14-17-11(9-10(2)3)12(16)13(20)18-14/h10H,4-9H2,1-3H3,(H,17,18,20). The molecule has 1 aliphatic carbocycles. The maximum atomic E-state index is 6.08. The topological polar surface area (TPSA) is 37.9 Å². The highest BCUT2D eigenvalue weighted by Gasteiger charge is 2.39. The lowest BCUT2D eigenvalue weighted by atomic mass is 10.00. The van der Waals surface area contributed by atoms with Crippen molar-refractivity contribution in [2.75, 3.05) is 6.61 Å². The minimum Gasteiger partial charge on any atom is -0.367 e. The molecule has 1 aliphatic rings. The predicted molar refractivity (Wildman–Crippen MR) is 87.4 cm³/mol. The van der Waals surface area contributed by atoms with Crippen LogP contribution in [0.5, 0.6) is 0 Å². The van der Waals surface area contributed by atoms with E-state index in [2.05, 4.69) is 39.7 Å².